The number of carbonyl (C=O) groups excluding carboxylic acids is 1. The molecular formula is C14H20FNO. The third-order valence-corrected chi connectivity index (χ3v) is 2.42. The summed E-state index contributed by atoms with van der Waals surface area (Å²) < 4.78 is 13.0. The van der Waals surface area contributed by atoms with Crippen LogP contribution in [0, 0.1) is 11.2 Å². The second-order valence-corrected chi connectivity index (χ2v) is 5.62. The number of hydrogen-bond donors (Lipinski definition) is 0. The minimum absolute atomic E-state index is 0.0206. The molecule has 0 saturated heterocycles. The van der Waals surface area contributed by atoms with E-state index in [2.05, 4.69) is 0 Å². The van der Waals surface area contributed by atoms with Crippen molar-refractivity contribution in [1.82, 2.24) is 4.90 Å². The topological polar surface area (TPSA) is 20.3 Å². The summed E-state index contributed by atoms with van der Waals surface area (Å²) in [7, 11) is 1.75. The molecule has 0 aliphatic carbocycles. The molecule has 1 aromatic carbocycles. The Hall–Kier alpha value is -1.38. The van der Waals surface area contributed by atoms with Gasteiger partial charge >= 0.3 is 0 Å². The van der Waals surface area contributed by atoms with Crippen molar-refractivity contribution in [3.05, 3.63) is 35.6 Å². The van der Waals surface area contributed by atoms with Crippen LogP contribution < -0.4 is 0 Å². The van der Waals surface area contributed by atoms with Crippen LogP contribution in [-0.2, 0) is 11.3 Å². The number of benzene rings is 1. The zero-order valence-electron chi connectivity index (χ0n) is 11.0. The van der Waals surface area contributed by atoms with Gasteiger partial charge in [0.1, 0.15) is 5.82 Å². The van der Waals surface area contributed by atoms with Crippen LogP contribution in [0.5, 0.6) is 0 Å². The van der Waals surface area contributed by atoms with Gasteiger partial charge < -0.3 is 4.90 Å². The summed E-state index contributed by atoms with van der Waals surface area (Å²) in [5.74, 6) is -0.180. The summed E-state index contributed by atoms with van der Waals surface area (Å²) in [6.45, 7) is 6.54. The first-order valence-electron chi connectivity index (χ1n) is 5.76. The molecule has 0 N–H and O–H groups in total. The number of carbonyl (C=O) groups is 1. The van der Waals surface area contributed by atoms with Gasteiger partial charge in [-0.15, -0.1) is 0 Å². The molecular weight excluding hydrogens is 217 g/mol. The van der Waals surface area contributed by atoms with Crippen molar-refractivity contribution in [1.29, 1.82) is 0 Å². The molecule has 0 unspecified atom stereocenters. The minimum Gasteiger partial charge on any atom is -0.341 e. The number of hydrogen-bond acceptors (Lipinski definition) is 1. The molecule has 3 heteroatoms. The average Bonchev–Trinajstić information content (AvgIpc) is 2.14. The third kappa shape index (κ3) is 4.98. The fourth-order valence-corrected chi connectivity index (χ4v) is 1.59. The summed E-state index contributed by atoms with van der Waals surface area (Å²) in [5, 5.41) is 0. The van der Waals surface area contributed by atoms with E-state index >= 15 is 0 Å². The predicted octanol–water partition coefficient (Wildman–Crippen LogP) is 3.22. The molecule has 0 radical (unpaired) electrons. The monoisotopic (exact) mass is 237 g/mol. The Morgan fingerprint density at radius 2 is 2.00 bits per heavy atom. The van der Waals surface area contributed by atoms with Crippen LogP contribution >= 0.6 is 0 Å². The van der Waals surface area contributed by atoms with Crippen LogP contribution in [0.1, 0.15) is 32.8 Å². The fraction of sp³-hybridized carbons (Fsp3) is 0.500. The minimum atomic E-state index is -0.265. The maximum atomic E-state index is 13.0. The number of amides is 1. The standard InChI is InChI=1S/C14H20FNO/c1-14(2,3)9-13(17)16(4)10-11-6-5-7-12(15)8-11/h5-8H,9-10H2,1-4H3. The van der Waals surface area contributed by atoms with Gasteiger partial charge in [0.05, 0.1) is 0 Å². The van der Waals surface area contributed by atoms with Crippen LogP contribution in [0.4, 0.5) is 4.39 Å². The normalized spacial score (nSPS) is 11.4. The van der Waals surface area contributed by atoms with E-state index in [-0.39, 0.29) is 17.1 Å². The van der Waals surface area contributed by atoms with Crippen LogP contribution in [0.25, 0.3) is 0 Å². The largest absolute Gasteiger partial charge is 0.341 e. The predicted molar refractivity (Wildman–Crippen MR) is 66.9 cm³/mol. The smallest absolute Gasteiger partial charge is 0.223 e. The molecule has 0 aliphatic rings. The van der Waals surface area contributed by atoms with Gasteiger partial charge in [0.15, 0.2) is 0 Å². The Labute approximate surface area is 102 Å². The van der Waals surface area contributed by atoms with E-state index in [9.17, 15) is 9.18 Å². The summed E-state index contributed by atoms with van der Waals surface area (Å²) >= 11 is 0. The zero-order chi connectivity index (χ0) is 13.1. The highest BCUT2D eigenvalue weighted by molar-refractivity contribution is 5.76. The van der Waals surface area contributed by atoms with E-state index in [4.69, 9.17) is 0 Å². The van der Waals surface area contributed by atoms with Crippen molar-refractivity contribution >= 4 is 5.91 Å². The maximum absolute atomic E-state index is 13.0. The molecule has 17 heavy (non-hydrogen) atoms. The van der Waals surface area contributed by atoms with Crippen LogP contribution in [0.2, 0.25) is 0 Å². The second kappa shape index (κ2) is 5.30. The molecule has 0 fully saturated rings. The van der Waals surface area contributed by atoms with Crippen molar-refractivity contribution < 1.29 is 9.18 Å². The molecule has 0 aliphatic heterocycles. The molecule has 0 aromatic heterocycles. The van der Waals surface area contributed by atoms with Crippen molar-refractivity contribution in [2.75, 3.05) is 7.05 Å². The summed E-state index contributed by atoms with van der Waals surface area (Å²) in [5.41, 5.74) is 0.794. The highest BCUT2D eigenvalue weighted by Gasteiger charge is 2.18. The van der Waals surface area contributed by atoms with Gasteiger partial charge in [-0.3, -0.25) is 4.79 Å². The molecule has 1 amide bonds. The van der Waals surface area contributed by atoms with Gasteiger partial charge in [-0.05, 0) is 23.1 Å². The molecule has 94 valence electrons. The van der Waals surface area contributed by atoms with Gasteiger partial charge in [-0.2, -0.15) is 0 Å². The molecule has 0 bridgehead atoms. The fourth-order valence-electron chi connectivity index (χ4n) is 1.59. The Kier molecular flexibility index (Phi) is 4.27. The average molecular weight is 237 g/mol. The summed E-state index contributed by atoms with van der Waals surface area (Å²) in [6.07, 6.45) is 0.499. The highest BCUT2D eigenvalue weighted by atomic mass is 19.1. The molecule has 1 rings (SSSR count). The van der Waals surface area contributed by atoms with Gasteiger partial charge in [0.25, 0.3) is 0 Å². The number of halogens is 1. The van der Waals surface area contributed by atoms with Gasteiger partial charge in [0.2, 0.25) is 5.91 Å². The lowest BCUT2D eigenvalue weighted by atomic mass is 9.91. The first-order chi connectivity index (χ1) is 7.78. The summed E-state index contributed by atoms with van der Waals surface area (Å²) in [4.78, 5) is 13.5. The van der Waals surface area contributed by atoms with Crippen LogP contribution in [0.15, 0.2) is 24.3 Å². The molecule has 0 saturated carbocycles. The van der Waals surface area contributed by atoms with Crippen molar-refractivity contribution in [3.63, 3.8) is 0 Å². The number of nitrogens with zero attached hydrogens (tertiary/aromatic N) is 1. The van der Waals surface area contributed by atoms with Gasteiger partial charge in [0, 0.05) is 20.0 Å². The van der Waals surface area contributed by atoms with Crippen molar-refractivity contribution in [2.24, 2.45) is 5.41 Å². The third-order valence-electron chi connectivity index (χ3n) is 2.42. The molecule has 2 nitrogen and oxygen atoms in total. The molecule has 0 atom stereocenters. The Morgan fingerprint density at radius 1 is 1.35 bits per heavy atom. The Balaban J connectivity index is 2.60. The first-order valence-corrected chi connectivity index (χ1v) is 5.76. The van der Waals surface area contributed by atoms with E-state index in [0.717, 1.165) is 5.56 Å². The summed E-state index contributed by atoms with van der Waals surface area (Å²) in [6, 6.07) is 6.35. The maximum Gasteiger partial charge on any atom is 0.223 e. The van der Waals surface area contributed by atoms with E-state index in [1.165, 1.54) is 12.1 Å². The van der Waals surface area contributed by atoms with E-state index < -0.39 is 0 Å². The molecule has 0 heterocycles. The van der Waals surface area contributed by atoms with Crippen LogP contribution in [0.3, 0.4) is 0 Å². The molecule has 1 aromatic rings. The van der Waals surface area contributed by atoms with E-state index in [1.54, 1.807) is 18.0 Å². The Bertz CT molecular complexity index is 395. The highest BCUT2D eigenvalue weighted by Crippen LogP contribution is 2.20. The molecule has 0 spiro atoms. The SMILES string of the molecule is CN(Cc1cccc(F)c1)C(=O)CC(C)(C)C. The van der Waals surface area contributed by atoms with Gasteiger partial charge in [-0.25, -0.2) is 4.39 Å². The van der Waals surface area contributed by atoms with Crippen LogP contribution in [-0.4, -0.2) is 17.9 Å². The van der Waals surface area contributed by atoms with E-state index in [0.29, 0.717) is 13.0 Å². The lowest BCUT2D eigenvalue weighted by Gasteiger charge is -2.23. The van der Waals surface area contributed by atoms with Crippen molar-refractivity contribution in [3.8, 4) is 0 Å². The lowest BCUT2D eigenvalue weighted by molar-refractivity contribution is -0.132. The van der Waals surface area contributed by atoms with Gasteiger partial charge in [-0.1, -0.05) is 32.9 Å². The zero-order valence-corrected chi connectivity index (χ0v) is 11.0. The second-order valence-electron chi connectivity index (χ2n) is 5.62. The Morgan fingerprint density at radius 3 is 2.53 bits per heavy atom. The first kappa shape index (κ1) is 13.7. The lowest BCUT2D eigenvalue weighted by Crippen LogP contribution is -2.29. The quantitative estimate of drug-likeness (QED) is 0.790. The number of rotatable bonds is 3. The van der Waals surface area contributed by atoms with Crippen molar-refractivity contribution in [2.45, 2.75) is 33.7 Å². The van der Waals surface area contributed by atoms with E-state index in [1.807, 2.05) is 26.8 Å².